The van der Waals surface area contributed by atoms with Gasteiger partial charge in [0.1, 0.15) is 0 Å². The molecule has 106 valence electrons. The monoisotopic (exact) mass is 280 g/mol. The molecule has 19 heavy (non-hydrogen) atoms. The molecule has 0 radical (unpaired) electrons. The van der Waals surface area contributed by atoms with Gasteiger partial charge in [-0.2, -0.15) is 0 Å². The molecule has 1 heterocycles. The van der Waals surface area contributed by atoms with Gasteiger partial charge in [-0.25, -0.2) is 0 Å². The molecule has 0 aromatic heterocycles. The molecule has 1 saturated heterocycles. The summed E-state index contributed by atoms with van der Waals surface area (Å²) >= 11 is 5.98. The molecule has 2 rings (SSSR count). The fraction of sp³-hybridized carbons (Fsp3) is 0.625. The first-order valence-corrected chi connectivity index (χ1v) is 7.46. The van der Waals surface area contributed by atoms with Crippen LogP contribution in [0.25, 0.3) is 0 Å². The van der Waals surface area contributed by atoms with Crippen LogP contribution in [-0.4, -0.2) is 30.1 Å². The summed E-state index contributed by atoms with van der Waals surface area (Å²) in [5, 5.41) is 0.794. The summed E-state index contributed by atoms with van der Waals surface area (Å²) in [6.07, 6.45) is 2.25. The summed E-state index contributed by atoms with van der Waals surface area (Å²) in [6, 6.07) is 8.23. The zero-order valence-corrected chi connectivity index (χ0v) is 13.0. The third-order valence-electron chi connectivity index (χ3n) is 4.52. The van der Waals surface area contributed by atoms with E-state index in [1.807, 2.05) is 12.1 Å². The van der Waals surface area contributed by atoms with Crippen LogP contribution in [-0.2, 0) is 5.41 Å². The van der Waals surface area contributed by atoms with Crippen molar-refractivity contribution in [3.05, 3.63) is 34.9 Å². The second-order valence-electron chi connectivity index (χ2n) is 6.65. The van der Waals surface area contributed by atoms with E-state index in [1.54, 1.807) is 0 Å². The van der Waals surface area contributed by atoms with Crippen LogP contribution in [0.3, 0.4) is 0 Å². The van der Waals surface area contributed by atoms with Crippen LogP contribution >= 0.6 is 11.6 Å². The summed E-state index contributed by atoms with van der Waals surface area (Å²) < 4.78 is 0. The Balaban J connectivity index is 2.16. The van der Waals surface area contributed by atoms with Gasteiger partial charge in [0.2, 0.25) is 0 Å². The second-order valence-corrected chi connectivity index (χ2v) is 7.09. The molecule has 1 fully saturated rings. The Kier molecular flexibility index (Phi) is 4.24. The van der Waals surface area contributed by atoms with E-state index in [0.717, 1.165) is 31.0 Å². The summed E-state index contributed by atoms with van der Waals surface area (Å²) in [7, 11) is 0. The van der Waals surface area contributed by atoms with Gasteiger partial charge in [0.05, 0.1) is 0 Å². The number of likely N-dealkylation sites (tertiary alicyclic amines) is 1. The Morgan fingerprint density at radius 3 is 2.11 bits per heavy atom. The van der Waals surface area contributed by atoms with Crippen LogP contribution in [0.15, 0.2) is 24.3 Å². The molecule has 1 aliphatic heterocycles. The fourth-order valence-electron chi connectivity index (χ4n) is 3.02. The Hall–Kier alpha value is -0.570. The van der Waals surface area contributed by atoms with Crippen molar-refractivity contribution in [2.75, 3.05) is 19.6 Å². The highest BCUT2D eigenvalue weighted by Gasteiger charge is 2.37. The van der Waals surface area contributed by atoms with Crippen molar-refractivity contribution < 1.29 is 0 Å². The van der Waals surface area contributed by atoms with Crippen LogP contribution < -0.4 is 5.73 Å². The molecule has 2 nitrogen and oxygen atoms in total. The fourth-order valence-corrected chi connectivity index (χ4v) is 3.15. The van der Waals surface area contributed by atoms with Gasteiger partial charge in [0.15, 0.2) is 0 Å². The third-order valence-corrected chi connectivity index (χ3v) is 4.77. The van der Waals surface area contributed by atoms with E-state index in [0.29, 0.717) is 6.54 Å². The van der Waals surface area contributed by atoms with Crippen molar-refractivity contribution in [3.63, 3.8) is 0 Å². The minimum Gasteiger partial charge on any atom is -0.330 e. The van der Waals surface area contributed by atoms with Gasteiger partial charge in [-0.05, 0) is 64.4 Å². The van der Waals surface area contributed by atoms with Gasteiger partial charge in [-0.15, -0.1) is 0 Å². The van der Waals surface area contributed by atoms with Crippen molar-refractivity contribution in [3.8, 4) is 0 Å². The summed E-state index contributed by atoms with van der Waals surface area (Å²) in [5.41, 5.74) is 7.83. The number of nitrogens with two attached hydrogens (primary N) is 1. The zero-order chi connectivity index (χ0) is 14.1. The highest BCUT2D eigenvalue weighted by molar-refractivity contribution is 6.30. The lowest BCUT2D eigenvalue weighted by Gasteiger charge is -2.46. The molecule has 0 spiro atoms. The van der Waals surface area contributed by atoms with Crippen LogP contribution in [0, 0.1) is 0 Å². The highest BCUT2D eigenvalue weighted by Crippen LogP contribution is 2.36. The van der Waals surface area contributed by atoms with E-state index < -0.39 is 0 Å². The van der Waals surface area contributed by atoms with Crippen LogP contribution in [0.5, 0.6) is 0 Å². The Morgan fingerprint density at radius 2 is 1.68 bits per heavy atom. The van der Waals surface area contributed by atoms with Crippen molar-refractivity contribution in [1.82, 2.24) is 4.90 Å². The first kappa shape index (κ1) is 14.8. The quantitative estimate of drug-likeness (QED) is 0.899. The topological polar surface area (TPSA) is 29.3 Å². The molecule has 0 unspecified atom stereocenters. The minimum atomic E-state index is 0.131. The van der Waals surface area contributed by atoms with Gasteiger partial charge in [0, 0.05) is 22.5 Å². The lowest BCUT2D eigenvalue weighted by molar-refractivity contribution is 0.0764. The summed E-state index contributed by atoms with van der Waals surface area (Å²) in [4.78, 5) is 2.55. The maximum absolute atomic E-state index is 6.11. The molecule has 1 aromatic carbocycles. The third kappa shape index (κ3) is 3.13. The van der Waals surface area contributed by atoms with Gasteiger partial charge < -0.3 is 5.73 Å². The predicted octanol–water partition coefficient (Wildman–Crippen LogP) is 3.43. The smallest absolute Gasteiger partial charge is 0.0406 e. The van der Waals surface area contributed by atoms with Crippen LogP contribution in [0.2, 0.25) is 5.02 Å². The normalized spacial score (nSPS) is 20.5. The van der Waals surface area contributed by atoms with Crippen molar-refractivity contribution in [2.24, 2.45) is 5.73 Å². The highest BCUT2D eigenvalue weighted by atomic mass is 35.5. The van der Waals surface area contributed by atoms with E-state index in [1.165, 1.54) is 5.56 Å². The SMILES string of the molecule is CC(C)(C)N1CCC(CN)(c2ccc(Cl)cc2)CC1. The molecular weight excluding hydrogens is 256 g/mol. The number of nitrogens with zero attached hydrogens (tertiary/aromatic N) is 1. The molecule has 1 aromatic rings. The Bertz CT molecular complexity index is 411. The molecule has 2 N–H and O–H groups in total. The van der Waals surface area contributed by atoms with Crippen molar-refractivity contribution in [2.45, 2.75) is 44.6 Å². The summed E-state index contributed by atoms with van der Waals surface area (Å²) in [5.74, 6) is 0. The van der Waals surface area contributed by atoms with Gasteiger partial charge in [0.25, 0.3) is 0 Å². The molecule has 0 atom stereocenters. The zero-order valence-electron chi connectivity index (χ0n) is 12.2. The molecule has 0 aliphatic carbocycles. The predicted molar refractivity (Wildman–Crippen MR) is 82.7 cm³/mol. The summed E-state index contributed by atoms with van der Waals surface area (Å²) in [6.45, 7) is 9.79. The van der Waals surface area contributed by atoms with E-state index in [2.05, 4.69) is 37.8 Å². The lowest BCUT2D eigenvalue weighted by Crippen LogP contribution is -2.52. The maximum Gasteiger partial charge on any atom is 0.0406 e. The number of hydrogen-bond donors (Lipinski definition) is 1. The standard InChI is InChI=1S/C16H25ClN2/c1-15(2,3)19-10-8-16(12-18,9-11-19)13-4-6-14(17)7-5-13/h4-7H,8-12,18H2,1-3H3. The second kappa shape index (κ2) is 5.43. The average molecular weight is 281 g/mol. The number of hydrogen-bond acceptors (Lipinski definition) is 2. The van der Waals surface area contributed by atoms with Gasteiger partial charge in [-0.1, -0.05) is 23.7 Å². The lowest BCUT2D eigenvalue weighted by atomic mass is 9.72. The minimum absolute atomic E-state index is 0.131. The number of rotatable bonds is 2. The van der Waals surface area contributed by atoms with Gasteiger partial charge >= 0.3 is 0 Å². The van der Waals surface area contributed by atoms with E-state index >= 15 is 0 Å². The number of piperidine rings is 1. The van der Waals surface area contributed by atoms with E-state index in [9.17, 15) is 0 Å². The molecule has 0 bridgehead atoms. The van der Waals surface area contributed by atoms with E-state index in [-0.39, 0.29) is 11.0 Å². The molecule has 0 amide bonds. The van der Waals surface area contributed by atoms with E-state index in [4.69, 9.17) is 17.3 Å². The van der Waals surface area contributed by atoms with Crippen LogP contribution in [0.4, 0.5) is 0 Å². The van der Waals surface area contributed by atoms with Crippen molar-refractivity contribution >= 4 is 11.6 Å². The average Bonchev–Trinajstić information content (AvgIpc) is 2.38. The number of benzene rings is 1. The first-order chi connectivity index (χ1) is 8.87. The Labute approximate surface area is 121 Å². The largest absolute Gasteiger partial charge is 0.330 e. The first-order valence-electron chi connectivity index (χ1n) is 7.09. The maximum atomic E-state index is 6.11. The van der Waals surface area contributed by atoms with Gasteiger partial charge in [-0.3, -0.25) is 4.90 Å². The van der Waals surface area contributed by atoms with Crippen LogP contribution in [0.1, 0.15) is 39.2 Å². The van der Waals surface area contributed by atoms with Crippen molar-refractivity contribution in [1.29, 1.82) is 0 Å². The molecule has 0 saturated carbocycles. The molecule has 1 aliphatic rings. The number of halogens is 1. The Morgan fingerprint density at radius 1 is 1.16 bits per heavy atom. The molecular formula is C16H25ClN2. The molecule has 3 heteroatoms.